The summed E-state index contributed by atoms with van der Waals surface area (Å²) in [6.45, 7) is 3.45. The maximum absolute atomic E-state index is 11.9. The van der Waals surface area contributed by atoms with Crippen LogP contribution in [0.15, 0.2) is 36.2 Å². The molecule has 0 aliphatic carbocycles. The minimum absolute atomic E-state index is 0.185. The molecule has 1 N–H and O–H groups in total. The maximum atomic E-state index is 11.9. The van der Waals surface area contributed by atoms with Crippen LogP contribution in [0.2, 0.25) is 0 Å². The highest BCUT2D eigenvalue weighted by atomic mass is 19.4. The number of halogens is 3. The van der Waals surface area contributed by atoms with Crippen LogP contribution in [0.5, 0.6) is 0 Å². The number of nitrogens with one attached hydrogen (secondary N) is 1. The van der Waals surface area contributed by atoms with Crippen molar-refractivity contribution in [2.45, 2.75) is 12.6 Å². The van der Waals surface area contributed by atoms with Gasteiger partial charge in [-0.3, -0.25) is 0 Å². The lowest BCUT2D eigenvalue weighted by molar-refractivity contribution is -0.126. The second kappa shape index (κ2) is 3.05. The molecule has 1 aliphatic heterocycles. The summed E-state index contributed by atoms with van der Waals surface area (Å²) in [6.07, 6.45) is -0.616. The van der Waals surface area contributed by atoms with Crippen molar-refractivity contribution in [1.82, 2.24) is 5.32 Å². The number of hydrogen-bond donors (Lipinski definition) is 1. The molecule has 1 heterocycles. The van der Waals surface area contributed by atoms with Crippen molar-refractivity contribution in [2.24, 2.45) is 0 Å². The van der Waals surface area contributed by atoms with Crippen LogP contribution in [0.1, 0.15) is 6.42 Å². The topological polar surface area (TPSA) is 12.0 Å². The van der Waals surface area contributed by atoms with Crippen molar-refractivity contribution in [3.05, 3.63) is 36.2 Å². The third kappa shape index (κ3) is 2.45. The van der Waals surface area contributed by atoms with E-state index < -0.39 is 12.6 Å². The normalized spacial score (nSPS) is 17.2. The van der Waals surface area contributed by atoms with Gasteiger partial charge in [0, 0.05) is 11.9 Å². The van der Waals surface area contributed by atoms with E-state index in [9.17, 15) is 13.2 Å². The Morgan fingerprint density at radius 2 is 2.08 bits per heavy atom. The molecule has 0 radical (unpaired) electrons. The second-order valence-electron chi connectivity index (χ2n) is 2.47. The van der Waals surface area contributed by atoms with Gasteiger partial charge in [-0.15, -0.1) is 0 Å². The van der Waals surface area contributed by atoms with Gasteiger partial charge in [-0.25, -0.2) is 0 Å². The zero-order chi connectivity index (χ0) is 9.19. The first kappa shape index (κ1) is 8.90. The molecular weight excluding hydrogens is 167 g/mol. The lowest BCUT2D eigenvalue weighted by Gasteiger charge is -2.15. The molecule has 0 aromatic carbocycles. The largest absolute Gasteiger partial charge is 0.393 e. The van der Waals surface area contributed by atoms with Gasteiger partial charge < -0.3 is 5.32 Å². The zero-order valence-corrected chi connectivity index (χ0v) is 6.28. The molecule has 0 saturated heterocycles. The number of alkyl halides is 3. The minimum atomic E-state index is -4.17. The van der Waals surface area contributed by atoms with Gasteiger partial charge in [0.2, 0.25) is 0 Å². The summed E-state index contributed by atoms with van der Waals surface area (Å²) in [7, 11) is 0. The van der Waals surface area contributed by atoms with Gasteiger partial charge in [0.1, 0.15) is 0 Å². The average molecular weight is 175 g/mol. The monoisotopic (exact) mass is 175 g/mol. The van der Waals surface area contributed by atoms with Crippen molar-refractivity contribution >= 4 is 0 Å². The van der Waals surface area contributed by atoms with E-state index in [1.165, 1.54) is 12.2 Å². The summed E-state index contributed by atoms with van der Waals surface area (Å²) in [5, 5.41) is 2.61. The fourth-order valence-electron chi connectivity index (χ4n) is 0.888. The molecule has 4 heteroatoms. The lowest BCUT2D eigenvalue weighted by Crippen LogP contribution is -2.16. The molecule has 0 fully saturated rings. The number of rotatable bonds is 1. The van der Waals surface area contributed by atoms with Gasteiger partial charge in [-0.1, -0.05) is 12.7 Å². The quantitative estimate of drug-likeness (QED) is 0.645. The van der Waals surface area contributed by atoms with E-state index in [0.29, 0.717) is 5.70 Å². The smallest absolute Gasteiger partial charge is 0.362 e. The molecule has 1 rings (SSSR count). The molecule has 1 aliphatic rings. The van der Waals surface area contributed by atoms with Crippen molar-refractivity contribution in [1.29, 1.82) is 0 Å². The summed E-state index contributed by atoms with van der Waals surface area (Å²) in [5.41, 5.74) is 0.500. The van der Waals surface area contributed by atoms with E-state index >= 15 is 0 Å². The second-order valence-corrected chi connectivity index (χ2v) is 2.47. The first-order valence-electron chi connectivity index (χ1n) is 3.37. The van der Waals surface area contributed by atoms with Crippen LogP contribution in [0.4, 0.5) is 13.2 Å². The predicted octanol–water partition coefficient (Wildman–Crippen LogP) is 2.50. The minimum Gasteiger partial charge on any atom is -0.362 e. The van der Waals surface area contributed by atoms with Crippen molar-refractivity contribution < 1.29 is 13.2 Å². The van der Waals surface area contributed by atoms with Gasteiger partial charge in [0.25, 0.3) is 0 Å². The third-order valence-electron chi connectivity index (χ3n) is 1.43. The van der Waals surface area contributed by atoms with E-state index in [0.717, 1.165) is 0 Å². The average Bonchev–Trinajstić information content (AvgIpc) is 1.91. The fraction of sp³-hybridized carbons (Fsp3) is 0.250. The molecule has 12 heavy (non-hydrogen) atoms. The molecule has 0 amide bonds. The highest BCUT2D eigenvalue weighted by molar-refractivity contribution is 5.35. The fourth-order valence-corrected chi connectivity index (χ4v) is 0.888. The molecule has 0 aromatic rings. The molecule has 0 atom stereocenters. The molecule has 0 saturated carbocycles. The van der Waals surface area contributed by atoms with Gasteiger partial charge in [0.15, 0.2) is 0 Å². The number of hydrogen-bond acceptors (Lipinski definition) is 1. The maximum Gasteiger partial charge on any atom is 0.393 e. The molecular formula is C8H8F3N. The van der Waals surface area contributed by atoms with Crippen LogP contribution >= 0.6 is 0 Å². The summed E-state index contributed by atoms with van der Waals surface area (Å²) in [5.74, 6) is 0. The van der Waals surface area contributed by atoms with E-state index in [4.69, 9.17) is 0 Å². The van der Waals surface area contributed by atoms with Crippen LogP contribution in [-0.2, 0) is 0 Å². The van der Waals surface area contributed by atoms with E-state index in [1.54, 1.807) is 6.20 Å². The number of dihydropyridines is 1. The number of allylic oxidation sites excluding steroid dienone is 3. The Balaban J connectivity index is 2.68. The molecule has 0 spiro atoms. The van der Waals surface area contributed by atoms with Crippen LogP contribution in [0.25, 0.3) is 0 Å². The van der Waals surface area contributed by atoms with Gasteiger partial charge >= 0.3 is 6.18 Å². The first-order chi connectivity index (χ1) is 5.49. The van der Waals surface area contributed by atoms with Gasteiger partial charge in [-0.05, 0) is 11.6 Å². The molecule has 0 aromatic heterocycles. The molecule has 0 bridgehead atoms. The van der Waals surface area contributed by atoms with E-state index in [-0.39, 0.29) is 5.57 Å². The van der Waals surface area contributed by atoms with E-state index in [1.807, 2.05) is 0 Å². The Labute approximate surface area is 68.3 Å². The van der Waals surface area contributed by atoms with Gasteiger partial charge in [-0.2, -0.15) is 13.2 Å². The Kier molecular flexibility index (Phi) is 2.26. The first-order valence-corrected chi connectivity index (χ1v) is 3.37. The molecule has 66 valence electrons. The summed E-state index contributed by atoms with van der Waals surface area (Å²) in [4.78, 5) is 0. The van der Waals surface area contributed by atoms with Crippen LogP contribution in [0, 0.1) is 0 Å². The molecule has 0 unspecified atom stereocenters. The van der Waals surface area contributed by atoms with Crippen molar-refractivity contribution in [2.75, 3.05) is 0 Å². The van der Waals surface area contributed by atoms with Crippen molar-refractivity contribution in [3.63, 3.8) is 0 Å². The summed E-state index contributed by atoms with van der Waals surface area (Å²) >= 11 is 0. The highest BCUT2D eigenvalue weighted by Gasteiger charge is 2.29. The lowest BCUT2D eigenvalue weighted by atomic mass is 10.1. The Morgan fingerprint density at radius 3 is 2.58 bits per heavy atom. The Bertz CT molecular complexity index is 248. The van der Waals surface area contributed by atoms with Crippen LogP contribution < -0.4 is 5.32 Å². The van der Waals surface area contributed by atoms with Crippen LogP contribution in [-0.4, -0.2) is 6.18 Å². The third-order valence-corrected chi connectivity index (χ3v) is 1.43. The van der Waals surface area contributed by atoms with E-state index in [2.05, 4.69) is 11.9 Å². The van der Waals surface area contributed by atoms with Crippen molar-refractivity contribution in [3.8, 4) is 0 Å². The Morgan fingerprint density at radius 1 is 1.42 bits per heavy atom. The summed E-state index contributed by atoms with van der Waals surface area (Å²) in [6, 6.07) is 0. The van der Waals surface area contributed by atoms with Gasteiger partial charge in [0.05, 0.1) is 6.42 Å². The zero-order valence-electron chi connectivity index (χ0n) is 6.28. The predicted molar refractivity (Wildman–Crippen MR) is 40.2 cm³/mol. The highest BCUT2D eigenvalue weighted by Crippen LogP contribution is 2.27. The summed E-state index contributed by atoms with van der Waals surface area (Å²) < 4.78 is 35.6. The SMILES string of the molecule is C=C1NC=CC=C1CC(F)(F)F. The standard InChI is InChI=1S/C8H8F3N/c1-6-7(3-2-4-12-6)5-8(9,10)11/h2-4,12H,1,5H2. The van der Waals surface area contributed by atoms with Crippen LogP contribution in [0.3, 0.4) is 0 Å². The Hall–Kier alpha value is -1.19. The molecule has 1 nitrogen and oxygen atoms in total.